The van der Waals surface area contributed by atoms with Gasteiger partial charge >= 0.3 is 0 Å². The first-order chi connectivity index (χ1) is 11.3. The van der Waals surface area contributed by atoms with Crippen molar-refractivity contribution in [1.82, 2.24) is 4.90 Å². The van der Waals surface area contributed by atoms with E-state index in [0.717, 1.165) is 36.9 Å². The molecule has 2 saturated heterocycles. The van der Waals surface area contributed by atoms with Crippen molar-refractivity contribution in [2.24, 2.45) is 0 Å². The predicted octanol–water partition coefficient (Wildman–Crippen LogP) is 2.76. The number of benzene rings is 1. The van der Waals surface area contributed by atoms with Crippen LogP contribution in [0.15, 0.2) is 18.2 Å². The highest BCUT2D eigenvalue weighted by atomic mass is 16.5. The Morgan fingerprint density at radius 3 is 2.61 bits per heavy atom. The van der Waals surface area contributed by atoms with E-state index < -0.39 is 0 Å². The Morgan fingerprint density at radius 2 is 1.87 bits per heavy atom. The molecule has 1 aromatic carbocycles. The SMILES string of the molecule is COc1ccc(N[C@@H]2CCCN(C3CCOCC3)C2)cc1OC. The molecule has 0 saturated carbocycles. The fraction of sp³-hybridized carbons (Fsp3) is 0.667. The highest BCUT2D eigenvalue weighted by molar-refractivity contribution is 5.55. The molecule has 5 nitrogen and oxygen atoms in total. The van der Waals surface area contributed by atoms with Gasteiger partial charge in [0.15, 0.2) is 11.5 Å². The molecule has 3 rings (SSSR count). The zero-order valence-electron chi connectivity index (χ0n) is 14.2. The van der Waals surface area contributed by atoms with Crippen LogP contribution in [0.3, 0.4) is 0 Å². The van der Waals surface area contributed by atoms with Gasteiger partial charge in [-0.25, -0.2) is 0 Å². The van der Waals surface area contributed by atoms with Crippen molar-refractivity contribution in [3.05, 3.63) is 18.2 Å². The summed E-state index contributed by atoms with van der Waals surface area (Å²) < 4.78 is 16.2. The molecule has 0 spiro atoms. The molecule has 0 aromatic heterocycles. The van der Waals surface area contributed by atoms with E-state index in [1.54, 1.807) is 14.2 Å². The zero-order valence-corrected chi connectivity index (χ0v) is 14.2. The van der Waals surface area contributed by atoms with Gasteiger partial charge < -0.3 is 19.5 Å². The summed E-state index contributed by atoms with van der Waals surface area (Å²) in [5, 5.41) is 3.67. The van der Waals surface area contributed by atoms with Crippen molar-refractivity contribution in [3.8, 4) is 11.5 Å². The molecule has 0 aliphatic carbocycles. The fourth-order valence-corrected chi connectivity index (χ4v) is 3.67. The van der Waals surface area contributed by atoms with E-state index in [1.807, 2.05) is 12.1 Å². The number of piperidine rings is 1. The molecule has 2 fully saturated rings. The van der Waals surface area contributed by atoms with Gasteiger partial charge in [-0.05, 0) is 44.4 Å². The van der Waals surface area contributed by atoms with Crippen LogP contribution in [0.1, 0.15) is 25.7 Å². The summed E-state index contributed by atoms with van der Waals surface area (Å²) in [5.74, 6) is 1.54. The number of nitrogens with zero attached hydrogens (tertiary/aromatic N) is 1. The smallest absolute Gasteiger partial charge is 0.162 e. The molecule has 2 aliphatic rings. The molecular formula is C18H28N2O3. The maximum Gasteiger partial charge on any atom is 0.162 e. The Hall–Kier alpha value is -1.46. The van der Waals surface area contributed by atoms with Gasteiger partial charge in [0.25, 0.3) is 0 Å². The molecule has 5 heteroatoms. The Balaban J connectivity index is 1.60. The lowest BCUT2D eigenvalue weighted by atomic mass is 9.99. The van der Waals surface area contributed by atoms with Gasteiger partial charge in [0.1, 0.15) is 0 Å². The summed E-state index contributed by atoms with van der Waals surface area (Å²) in [6.07, 6.45) is 4.81. The van der Waals surface area contributed by atoms with Gasteiger partial charge in [0.05, 0.1) is 14.2 Å². The molecule has 2 aliphatic heterocycles. The fourth-order valence-electron chi connectivity index (χ4n) is 3.67. The number of ether oxygens (including phenoxy) is 3. The number of likely N-dealkylation sites (tertiary alicyclic amines) is 1. The summed E-state index contributed by atoms with van der Waals surface area (Å²) in [5.41, 5.74) is 1.10. The van der Waals surface area contributed by atoms with Gasteiger partial charge in [-0.3, -0.25) is 4.90 Å². The van der Waals surface area contributed by atoms with Crippen LogP contribution in [0.2, 0.25) is 0 Å². The standard InChI is InChI=1S/C18H28N2O3/c1-21-17-6-5-14(12-18(17)22-2)19-15-4-3-9-20(13-15)16-7-10-23-11-8-16/h5-6,12,15-16,19H,3-4,7-11,13H2,1-2H3/t15-/m1/s1. The van der Waals surface area contributed by atoms with Gasteiger partial charge in [-0.2, -0.15) is 0 Å². The second-order valence-corrected chi connectivity index (χ2v) is 6.39. The topological polar surface area (TPSA) is 43.0 Å². The van der Waals surface area contributed by atoms with Crippen LogP contribution in [-0.4, -0.2) is 57.5 Å². The second kappa shape index (κ2) is 7.88. The molecule has 1 atom stereocenters. The largest absolute Gasteiger partial charge is 0.493 e. The summed E-state index contributed by atoms with van der Waals surface area (Å²) in [7, 11) is 3.34. The van der Waals surface area contributed by atoms with Crippen LogP contribution >= 0.6 is 0 Å². The lowest BCUT2D eigenvalue weighted by Crippen LogP contribution is -2.48. The first-order valence-electron chi connectivity index (χ1n) is 8.60. The van der Waals surface area contributed by atoms with E-state index in [4.69, 9.17) is 14.2 Å². The maximum absolute atomic E-state index is 5.49. The molecular weight excluding hydrogens is 292 g/mol. The third-order valence-corrected chi connectivity index (χ3v) is 4.91. The van der Waals surface area contributed by atoms with Crippen LogP contribution in [0.4, 0.5) is 5.69 Å². The molecule has 128 valence electrons. The van der Waals surface area contributed by atoms with Gasteiger partial charge in [-0.15, -0.1) is 0 Å². The van der Waals surface area contributed by atoms with E-state index >= 15 is 0 Å². The number of nitrogens with one attached hydrogen (secondary N) is 1. The first kappa shape index (κ1) is 16.4. The van der Waals surface area contributed by atoms with Crippen molar-refractivity contribution in [1.29, 1.82) is 0 Å². The normalized spacial score (nSPS) is 23.5. The number of methoxy groups -OCH3 is 2. The van der Waals surface area contributed by atoms with E-state index in [2.05, 4.69) is 16.3 Å². The average molecular weight is 320 g/mol. The minimum Gasteiger partial charge on any atom is -0.493 e. The number of anilines is 1. The summed E-state index contributed by atoms with van der Waals surface area (Å²) in [6, 6.07) is 7.23. The molecule has 1 aromatic rings. The van der Waals surface area contributed by atoms with Crippen molar-refractivity contribution in [2.45, 2.75) is 37.8 Å². The molecule has 1 N–H and O–H groups in total. The van der Waals surface area contributed by atoms with Gasteiger partial charge in [0.2, 0.25) is 0 Å². The van der Waals surface area contributed by atoms with Crippen LogP contribution in [-0.2, 0) is 4.74 Å². The van der Waals surface area contributed by atoms with Crippen molar-refractivity contribution >= 4 is 5.69 Å². The van der Waals surface area contributed by atoms with Crippen molar-refractivity contribution in [3.63, 3.8) is 0 Å². The maximum atomic E-state index is 5.49. The van der Waals surface area contributed by atoms with Crippen LogP contribution in [0.25, 0.3) is 0 Å². The lowest BCUT2D eigenvalue weighted by molar-refractivity contribution is 0.0256. The number of hydrogen-bond acceptors (Lipinski definition) is 5. The lowest BCUT2D eigenvalue weighted by Gasteiger charge is -2.40. The van der Waals surface area contributed by atoms with Gasteiger partial charge in [-0.1, -0.05) is 0 Å². The molecule has 0 radical (unpaired) electrons. The van der Waals surface area contributed by atoms with Crippen LogP contribution < -0.4 is 14.8 Å². The predicted molar refractivity (Wildman–Crippen MR) is 91.6 cm³/mol. The third kappa shape index (κ3) is 4.09. The quantitative estimate of drug-likeness (QED) is 0.904. The third-order valence-electron chi connectivity index (χ3n) is 4.91. The van der Waals surface area contributed by atoms with Crippen molar-refractivity contribution < 1.29 is 14.2 Å². The molecule has 23 heavy (non-hydrogen) atoms. The first-order valence-corrected chi connectivity index (χ1v) is 8.60. The Morgan fingerprint density at radius 1 is 1.09 bits per heavy atom. The minimum absolute atomic E-state index is 0.490. The zero-order chi connectivity index (χ0) is 16.1. The Kier molecular flexibility index (Phi) is 5.62. The summed E-state index contributed by atoms with van der Waals surface area (Å²) in [4.78, 5) is 2.64. The average Bonchev–Trinajstić information content (AvgIpc) is 2.62. The molecule has 2 heterocycles. The van der Waals surface area contributed by atoms with Crippen LogP contribution in [0, 0.1) is 0 Å². The molecule has 0 amide bonds. The number of rotatable bonds is 5. The van der Waals surface area contributed by atoms with E-state index in [1.165, 1.54) is 32.2 Å². The highest BCUT2D eigenvalue weighted by Crippen LogP contribution is 2.31. The van der Waals surface area contributed by atoms with Crippen LogP contribution in [0.5, 0.6) is 11.5 Å². The van der Waals surface area contributed by atoms with E-state index in [-0.39, 0.29) is 0 Å². The molecule has 0 unspecified atom stereocenters. The van der Waals surface area contributed by atoms with Gasteiger partial charge in [0, 0.05) is 43.6 Å². The molecule has 0 bridgehead atoms. The highest BCUT2D eigenvalue weighted by Gasteiger charge is 2.27. The summed E-state index contributed by atoms with van der Waals surface area (Å²) >= 11 is 0. The number of hydrogen-bond donors (Lipinski definition) is 1. The monoisotopic (exact) mass is 320 g/mol. The van der Waals surface area contributed by atoms with E-state index in [9.17, 15) is 0 Å². The Labute approximate surface area is 138 Å². The minimum atomic E-state index is 0.490. The van der Waals surface area contributed by atoms with E-state index in [0.29, 0.717) is 12.1 Å². The second-order valence-electron chi connectivity index (χ2n) is 6.39. The van der Waals surface area contributed by atoms with Crippen molar-refractivity contribution in [2.75, 3.05) is 45.8 Å². The summed E-state index contributed by atoms with van der Waals surface area (Å²) in [6.45, 7) is 4.15. The Bertz CT molecular complexity index is 503.